The van der Waals surface area contributed by atoms with Crippen molar-refractivity contribution in [1.29, 1.82) is 0 Å². The molecule has 0 aromatic rings. The van der Waals surface area contributed by atoms with Crippen LogP contribution in [0, 0.1) is 0 Å². The Morgan fingerprint density at radius 1 is 0.386 bits per heavy atom. The van der Waals surface area contributed by atoms with E-state index in [1.54, 1.807) is 0 Å². The summed E-state index contributed by atoms with van der Waals surface area (Å²) in [6.07, 6.45) is -116. The summed E-state index contributed by atoms with van der Waals surface area (Å²) in [7, 11) is -25.9. The van der Waals surface area contributed by atoms with Crippen LogP contribution in [0.25, 0.3) is 0 Å². The van der Waals surface area contributed by atoms with E-state index in [2.05, 4.69) is 4.52 Å². The molecule has 0 aliphatic carbocycles. The van der Waals surface area contributed by atoms with Gasteiger partial charge in [-0.25, -0.2) is 27.8 Å². The average Bonchev–Trinajstić information content (AvgIpc) is 0.743. The lowest BCUT2D eigenvalue weighted by Crippen LogP contribution is -2.71. The summed E-state index contributed by atoms with van der Waals surface area (Å²) in [5.74, 6) is -12.5. The lowest BCUT2D eigenvalue weighted by atomic mass is 9.89. The molecule has 9 rings (SSSR count). The van der Waals surface area contributed by atoms with Crippen molar-refractivity contribution in [3.63, 3.8) is 0 Å². The van der Waals surface area contributed by atoms with E-state index >= 15 is 0 Å². The van der Waals surface area contributed by atoms with Gasteiger partial charge in [0.25, 0.3) is 11.6 Å². The Balaban J connectivity index is 1.18. The van der Waals surface area contributed by atoms with E-state index in [0.29, 0.717) is 0 Å². The average molecular weight is 1960 g/mol. The van der Waals surface area contributed by atoms with E-state index in [1.165, 1.54) is 6.92 Å². The Bertz CT molecular complexity index is 3710. The molecule has 0 amide bonds. The molecule has 9 aliphatic rings. The number of nitrogens with two attached hydrogens (primary N) is 1. The third-order valence-corrected chi connectivity index (χ3v) is 23.7. The van der Waals surface area contributed by atoms with Crippen LogP contribution in [-0.4, -0.2) is 529 Å². The number of carbonyl (C=O) groups is 2. The van der Waals surface area contributed by atoms with Crippen molar-refractivity contribution in [2.24, 2.45) is 5.73 Å². The molecule has 0 unspecified atom stereocenters. The smallest absolute Gasteiger partial charge is 0.470 e. The molecule has 0 spiro atoms. The fourth-order valence-corrected chi connectivity index (χ4v) is 17.3. The highest BCUT2D eigenvalue weighted by Gasteiger charge is 2.66. The molecule has 9 heterocycles. The van der Waals surface area contributed by atoms with Crippen LogP contribution in [0.1, 0.15) is 19.8 Å². The minimum absolute atomic E-state index is 1.03. The molecule has 9 saturated heterocycles. The number of rotatable bonds is 38. The number of aliphatic carboxylic acids is 2. The molecule has 63 nitrogen and oxygen atoms in total. The lowest BCUT2D eigenvalue weighted by molar-refractivity contribution is -0.404. The molecule has 67 heteroatoms. The fraction of sp³-hybridized carbons (Fsp3) is 0.967. The predicted molar refractivity (Wildman–Crippen MR) is 376 cm³/mol. The molecular weight excluding hydrogens is 1850 g/mol. The van der Waals surface area contributed by atoms with Crippen molar-refractivity contribution in [3.05, 3.63) is 0 Å². The summed E-state index contributed by atoms with van der Waals surface area (Å²) in [5, 5.41) is 296. The molecule has 9 fully saturated rings. The Hall–Kier alpha value is -2.34. The molecule has 0 aromatic carbocycles. The summed E-state index contributed by atoms with van der Waals surface area (Å²) in [5.41, 5.74) is 6.88. The summed E-state index contributed by atoms with van der Waals surface area (Å²) < 4.78 is 170. The number of hydrogen-bond donors (Lipinski definition) is 36. The number of hydrogen-bond acceptors (Lipinski definition) is 53. The van der Waals surface area contributed by atoms with Crippen LogP contribution < -0.4 is 5.73 Å². The van der Waals surface area contributed by atoms with E-state index in [9.17, 15) is 205 Å². The molecule has 9 aliphatic heterocycles. The Kier molecular flexibility index (Phi) is 37.5. The summed E-state index contributed by atoms with van der Waals surface area (Å²) in [4.78, 5) is 111. The quantitative estimate of drug-likeness (QED) is 0.0255. The maximum atomic E-state index is 13.5. The minimum atomic E-state index is -6.66. The van der Waals surface area contributed by atoms with Gasteiger partial charge in [-0.15, -0.1) is 0 Å². The van der Waals surface area contributed by atoms with E-state index in [1.807, 2.05) is 0 Å². The normalized spacial score (nSPS) is 46.3. The van der Waals surface area contributed by atoms with Gasteiger partial charge in [0.15, 0.2) is 44.0 Å². The molecule has 0 saturated carbocycles. The number of aliphatic hydroxyl groups excluding tert-OH is 24. The second kappa shape index (κ2) is 44.0. The fourth-order valence-electron chi connectivity index (χ4n) is 15.1. The highest BCUT2D eigenvalue weighted by Crippen LogP contribution is 2.52. The van der Waals surface area contributed by atoms with Gasteiger partial charge in [0.05, 0.1) is 77.2 Å². The van der Waals surface area contributed by atoms with Crippen LogP contribution in [0.5, 0.6) is 0 Å². The third kappa shape index (κ3) is 25.4. The lowest BCUT2D eigenvalue weighted by Gasteiger charge is -2.53. The summed E-state index contributed by atoms with van der Waals surface area (Å²) in [6.45, 7) is -10.4. The Morgan fingerprint density at radius 2 is 0.795 bits per heavy atom. The zero-order valence-corrected chi connectivity index (χ0v) is 68.7. The molecule has 742 valence electrons. The minimum Gasteiger partial charge on any atom is -0.477 e. The number of phosphoric acid groups is 4. The van der Waals surface area contributed by atoms with Crippen molar-refractivity contribution >= 4 is 43.2 Å². The van der Waals surface area contributed by atoms with Crippen LogP contribution in [0.4, 0.5) is 0 Å². The van der Waals surface area contributed by atoms with Crippen LogP contribution >= 0.6 is 31.3 Å². The molecule has 127 heavy (non-hydrogen) atoms. The largest absolute Gasteiger partial charge is 0.477 e. The van der Waals surface area contributed by atoms with Gasteiger partial charge < -0.3 is 263 Å². The molecule has 37 N–H and O–H groups in total. The Morgan fingerprint density at radius 3 is 1.28 bits per heavy atom. The van der Waals surface area contributed by atoms with Gasteiger partial charge in [-0.05, 0) is 6.92 Å². The third-order valence-electron chi connectivity index (χ3n) is 21.6. The first-order valence-corrected chi connectivity index (χ1v) is 44.0. The van der Waals surface area contributed by atoms with Gasteiger partial charge in [-0.3, -0.25) is 18.1 Å². The highest BCUT2D eigenvalue weighted by molar-refractivity contribution is 7.47. The van der Waals surface area contributed by atoms with Crippen LogP contribution in [0.3, 0.4) is 0 Å². The van der Waals surface area contributed by atoms with Crippen molar-refractivity contribution in [2.75, 3.05) is 52.9 Å². The number of carboxylic acid groups (broad SMARTS) is 2. The first-order chi connectivity index (χ1) is 58.9. The standard InChI is InChI=1S/C60H105NO62P4/c1-12-24(72)29(77)33(81)51(105-12)103-10-21-27(75)31(79)35(83)53(108-21)111-42-19(8-66)107-50(23(61)44(42)114-54-36(84)32(80)28(76)22(109-54)11-104-52-34(82)30(78)26(74)18(7-65)106-52)115-45-37(85)55(112-43(48(45)122-126(97,98)99)20(9-67)120-124(91,92)93)116-46-47(121-125(94,95)96)39(15(70)5-63)110-56(49(46)123-127(100,101)102)113-41-17(3-59(90,57(86)87)118-40(41)16(71)6-64)117-60(58(88)89)2-13(68)25(73)38(119-60)14(69)4-62/h12-56,62-85,90H,2-11,61H2,1H3,(H,86,87)(H,88,89)(H2,91,92,93)(H2,94,95,96)(H2,97,98,99)(H2,100,101,102)/t12-,13+,14+,15-,16+,17+,18+,19+,20-,21+,22+,23+,24-,25+,26+,27+,28+,29+,30-,31-,32-,33+,34+,35+,36+,37-,38+,39+,40+,41+,42-,43+,44+,45+,46-,47+,48+,49-,50+,51+,52-,53+,54-,55+,56+,59+,60+/m0/s1. The van der Waals surface area contributed by atoms with Gasteiger partial charge in [0.1, 0.15) is 208 Å². The highest BCUT2D eigenvalue weighted by atomic mass is 31.2. The molecular formula is C60H105NO62P4. The summed E-state index contributed by atoms with van der Waals surface area (Å²) in [6, 6.07) is -2.61. The molecule has 47 atom stereocenters. The number of carboxylic acids is 2. The zero-order chi connectivity index (χ0) is 95.1. The predicted octanol–water partition coefficient (Wildman–Crippen LogP) is -20.8. The monoisotopic (exact) mass is 1960 g/mol. The van der Waals surface area contributed by atoms with Crippen molar-refractivity contribution in [3.8, 4) is 0 Å². The Labute approximate surface area is 710 Å². The topological polar surface area (TPSA) is 1030 Å². The molecule has 0 radical (unpaired) electrons. The molecule has 0 aromatic heterocycles. The van der Waals surface area contributed by atoms with E-state index in [4.69, 9.17) is 99.8 Å². The maximum Gasteiger partial charge on any atom is 0.470 e. The SMILES string of the molecule is C[C@@H]1O[C@@H](OC[C@H]2O[C@H](O[C@@H]3[C@H](O[C@@H]4O[C@H](CO[C@H]5O[C@H](CO)[C@@H](O)[C@H](O)[C@H]5O)[C@@H](O)[C@H](O)[C@H]4O)[C@@H](N)[C@@H](O[C@@H]4[C@H](O)[C@@H](O[C@H]5[C@H](OP(=O)(O)O)[C@@H]([C@@H](O)CO)O[C@H](O[C@H]6[C@@H]([C@H](O)CO)O[C@@](O)(C(=O)O)C[C@H]6O[C@]6(C(=O)O)C[C@@H](O)[C@@H](O)[C@@H]([C@H](O)CO)O6)[C@H]5OP(=O)(O)O)O[C@H]([C@H](CO)OP(=O)(O)O)[C@H]4OP(=O)(O)O)O[C@@H]3CO)[C@H](O)[C@@H](O)[C@@H]2O)[C@H](O)[C@H](O)[C@H]1O. The van der Waals surface area contributed by atoms with Crippen LogP contribution in [0.15, 0.2) is 0 Å². The number of ether oxygens (including phenoxy) is 17. The van der Waals surface area contributed by atoms with E-state index < -0.39 is 396 Å². The van der Waals surface area contributed by atoms with Gasteiger partial charge in [-0.2, -0.15) is 0 Å². The van der Waals surface area contributed by atoms with E-state index in [0.717, 1.165) is 0 Å². The van der Waals surface area contributed by atoms with Crippen molar-refractivity contribution in [1.82, 2.24) is 0 Å². The number of aliphatic hydroxyl groups is 25. The van der Waals surface area contributed by atoms with Crippen LogP contribution in [0.2, 0.25) is 0 Å². The second-order valence-corrected chi connectivity index (χ2v) is 35.3. The zero-order valence-electron chi connectivity index (χ0n) is 65.1. The van der Waals surface area contributed by atoms with Crippen LogP contribution in [-0.2, 0) is 126 Å². The van der Waals surface area contributed by atoms with Gasteiger partial charge >= 0.3 is 43.2 Å². The van der Waals surface area contributed by atoms with Gasteiger partial charge in [0, 0.05) is 12.8 Å². The first-order valence-electron chi connectivity index (χ1n) is 37.9. The molecule has 0 bridgehead atoms. The van der Waals surface area contributed by atoms with Crippen molar-refractivity contribution in [2.45, 2.75) is 307 Å². The van der Waals surface area contributed by atoms with E-state index in [-0.39, 0.29) is 0 Å². The first kappa shape index (κ1) is 108. The number of phosphoric ester groups is 4. The van der Waals surface area contributed by atoms with Gasteiger partial charge in [0.2, 0.25) is 0 Å². The maximum absolute atomic E-state index is 13.5. The second-order valence-electron chi connectivity index (χ2n) is 30.5. The van der Waals surface area contributed by atoms with Gasteiger partial charge in [-0.1, -0.05) is 0 Å². The summed E-state index contributed by atoms with van der Waals surface area (Å²) >= 11 is 0. The van der Waals surface area contributed by atoms with Crippen molar-refractivity contribution < 1.29 is 303 Å².